The van der Waals surface area contributed by atoms with Gasteiger partial charge in [-0.1, -0.05) is 24.9 Å². The van der Waals surface area contributed by atoms with Gasteiger partial charge >= 0.3 is 0 Å². The lowest BCUT2D eigenvalue weighted by atomic mass is 10.2. The van der Waals surface area contributed by atoms with Crippen molar-refractivity contribution in [2.24, 2.45) is 0 Å². The number of aryl methyl sites for hydroxylation is 1. The van der Waals surface area contributed by atoms with Crippen molar-refractivity contribution in [2.75, 3.05) is 0 Å². The van der Waals surface area contributed by atoms with E-state index in [1.54, 1.807) is 0 Å². The maximum absolute atomic E-state index is 6.09. The van der Waals surface area contributed by atoms with Gasteiger partial charge in [-0.15, -0.1) is 0 Å². The van der Waals surface area contributed by atoms with Gasteiger partial charge in [-0.05, 0) is 6.42 Å². The van der Waals surface area contributed by atoms with Crippen molar-refractivity contribution in [1.82, 2.24) is 9.97 Å². The SMILES string of the molecule is CCCCc1nc(Cl)c2c(n1)CSC2. The number of fused-ring (bicyclic) bond motifs is 1. The van der Waals surface area contributed by atoms with Crippen molar-refractivity contribution in [3.8, 4) is 0 Å². The highest BCUT2D eigenvalue weighted by atomic mass is 35.5. The van der Waals surface area contributed by atoms with Crippen LogP contribution in [0.3, 0.4) is 0 Å². The first kappa shape index (κ1) is 10.2. The average molecular weight is 229 g/mol. The van der Waals surface area contributed by atoms with Crippen molar-refractivity contribution in [2.45, 2.75) is 37.7 Å². The van der Waals surface area contributed by atoms with Crippen molar-refractivity contribution >= 4 is 23.4 Å². The van der Waals surface area contributed by atoms with E-state index in [1.165, 1.54) is 6.42 Å². The van der Waals surface area contributed by atoms with Gasteiger partial charge in [0, 0.05) is 23.5 Å². The third kappa shape index (κ3) is 2.04. The van der Waals surface area contributed by atoms with Crippen LogP contribution in [-0.2, 0) is 17.9 Å². The zero-order valence-corrected chi connectivity index (χ0v) is 9.79. The van der Waals surface area contributed by atoms with Gasteiger partial charge in [-0.25, -0.2) is 9.97 Å². The van der Waals surface area contributed by atoms with E-state index in [2.05, 4.69) is 16.9 Å². The molecule has 0 atom stereocenters. The lowest BCUT2D eigenvalue weighted by molar-refractivity contribution is 0.746. The summed E-state index contributed by atoms with van der Waals surface area (Å²) in [7, 11) is 0. The van der Waals surface area contributed by atoms with E-state index in [-0.39, 0.29) is 0 Å². The monoisotopic (exact) mass is 228 g/mol. The third-order valence-electron chi connectivity index (χ3n) is 2.33. The lowest BCUT2D eigenvalue weighted by Crippen LogP contribution is -2.01. The van der Waals surface area contributed by atoms with Crippen LogP contribution in [0.15, 0.2) is 0 Å². The molecule has 2 nitrogen and oxygen atoms in total. The Morgan fingerprint density at radius 3 is 3.00 bits per heavy atom. The van der Waals surface area contributed by atoms with Crippen LogP contribution in [0.5, 0.6) is 0 Å². The number of thioether (sulfide) groups is 1. The molecule has 0 aromatic carbocycles. The molecule has 1 aromatic heterocycles. The van der Waals surface area contributed by atoms with E-state index in [0.717, 1.165) is 41.4 Å². The summed E-state index contributed by atoms with van der Waals surface area (Å²) in [6.45, 7) is 2.17. The van der Waals surface area contributed by atoms with E-state index in [1.807, 2.05) is 11.8 Å². The van der Waals surface area contributed by atoms with Gasteiger partial charge in [0.1, 0.15) is 11.0 Å². The Bertz CT molecular complexity index is 341. The molecule has 0 saturated heterocycles. The quantitative estimate of drug-likeness (QED) is 0.743. The average Bonchev–Trinajstić information content (AvgIpc) is 2.63. The smallest absolute Gasteiger partial charge is 0.137 e. The Morgan fingerprint density at radius 2 is 2.21 bits per heavy atom. The molecule has 0 fully saturated rings. The van der Waals surface area contributed by atoms with E-state index in [0.29, 0.717) is 5.15 Å². The molecule has 76 valence electrons. The third-order valence-corrected chi connectivity index (χ3v) is 3.61. The topological polar surface area (TPSA) is 25.8 Å². The van der Waals surface area contributed by atoms with Gasteiger partial charge in [0.15, 0.2) is 0 Å². The van der Waals surface area contributed by atoms with Crippen LogP contribution in [0, 0.1) is 0 Å². The minimum absolute atomic E-state index is 0.672. The second-order valence-electron chi connectivity index (χ2n) is 3.45. The summed E-state index contributed by atoms with van der Waals surface area (Å²) in [5.74, 6) is 2.89. The van der Waals surface area contributed by atoms with Crippen LogP contribution < -0.4 is 0 Å². The molecule has 2 heterocycles. The molecule has 0 bridgehead atoms. The van der Waals surface area contributed by atoms with Crippen LogP contribution >= 0.6 is 23.4 Å². The Labute approximate surface area is 93.5 Å². The summed E-state index contributed by atoms with van der Waals surface area (Å²) < 4.78 is 0. The van der Waals surface area contributed by atoms with Gasteiger partial charge in [0.25, 0.3) is 0 Å². The minimum Gasteiger partial charge on any atom is -0.237 e. The van der Waals surface area contributed by atoms with E-state index < -0.39 is 0 Å². The van der Waals surface area contributed by atoms with Gasteiger partial charge in [-0.2, -0.15) is 11.8 Å². The van der Waals surface area contributed by atoms with Crippen molar-refractivity contribution in [3.05, 3.63) is 22.2 Å². The van der Waals surface area contributed by atoms with E-state index in [4.69, 9.17) is 11.6 Å². The number of aromatic nitrogens is 2. The molecule has 0 radical (unpaired) electrons. The largest absolute Gasteiger partial charge is 0.237 e. The molecule has 0 aliphatic carbocycles. The summed E-state index contributed by atoms with van der Waals surface area (Å²) in [6.07, 6.45) is 3.27. The molecule has 0 saturated carbocycles. The normalized spacial score (nSPS) is 14.4. The predicted octanol–water partition coefficient (Wildman–Crippen LogP) is 3.22. The maximum Gasteiger partial charge on any atom is 0.137 e. The summed E-state index contributed by atoms with van der Waals surface area (Å²) in [5.41, 5.74) is 2.30. The van der Waals surface area contributed by atoms with Crippen molar-refractivity contribution < 1.29 is 0 Å². The molecule has 2 rings (SSSR count). The van der Waals surface area contributed by atoms with Crippen LogP contribution in [0.4, 0.5) is 0 Å². The van der Waals surface area contributed by atoms with Gasteiger partial charge < -0.3 is 0 Å². The van der Waals surface area contributed by atoms with Gasteiger partial charge in [0.05, 0.1) is 5.69 Å². The molecule has 1 aliphatic heterocycles. The van der Waals surface area contributed by atoms with Crippen molar-refractivity contribution in [1.29, 1.82) is 0 Å². The Hall–Kier alpha value is -0.280. The predicted molar refractivity (Wildman–Crippen MR) is 60.7 cm³/mol. The first-order chi connectivity index (χ1) is 6.81. The molecule has 1 aromatic rings. The van der Waals surface area contributed by atoms with Gasteiger partial charge in [0.2, 0.25) is 0 Å². The van der Waals surface area contributed by atoms with Crippen LogP contribution in [0.2, 0.25) is 5.15 Å². The number of hydrogen-bond acceptors (Lipinski definition) is 3. The molecule has 0 unspecified atom stereocenters. The van der Waals surface area contributed by atoms with E-state index >= 15 is 0 Å². The highest BCUT2D eigenvalue weighted by Gasteiger charge is 2.18. The number of hydrogen-bond donors (Lipinski definition) is 0. The number of unbranched alkanes of at least 4 members (excludes halogenated alkanes) is 1. The number of nitrogens with zero attached hydrogens (tertiary/aromatic N) is 2. The molecule has 0 spiro atoms. The molecule has 4 heteroatoms. The Kier molecular flexibility index (Phi) is 3.29. The van der Waals surface area contributed by atoms with Crippen molar-refractivity contribution in [3.63, 3.8) is 0 Å². The van der Waals surface area contributed by atoms with Gasteiger partial charge in [-0.3, -0.25) is 0 Å². The number of halogens is 1. The van der Waals surface area contributed by atoms with E-state index in [9.17, 15) is 0 Å². The first-order valence-electron chi connectivity index (χ1n) is 4.93. The molecular formula is C10H13ClN2S. The fourth-order valence-corrected chi connectivity index (χ4v) is 2.90. The molecule has 0 N–H and O–H groups in total. The zero-order chi connectivity index (χ0) is 9.97. The maximum atomic E-state index is 6.09. The highest BCUT2D eigenvalue weighted by molar-refractivity contribution is 7.98. The first-order valence-corrected chi connectivity index (χ1v) is 6.46. The highest BCUT2D eigenvalue weighted by Crippen LogP contribution is 2.32. The summed E-state index contributed by atoms with van der Waals surface area (Å²) in [4.78, 5) is 8.86. The summed E-state index contributed by atoms with van der Waals surface area (Å²) in [6, 6.07) is 0. The second-order valence-corrected chi connectivity index (χ2v) is 4.80. The molecule has 1 aliphatic rings. The Balaban J connectivity index is 2.23. The summed E-state index contributed by atoms with van der Waals surface area (Å²) in [5, 5.41) is 0.672. The minimum atomic E-state index is 0.672. The molecule has 0 amide bonds. The molecular weight excluding hydrogens is 216 g/mol. The zero-order valence-electron chi connectivity index (χ0n) is 8.22. The van der Waals surface area contributed by atoms with Crippen LogP contribution in [-0.4, -0.2) is 9.97 Å². The Morgan fingerprint density at radius 1 is 1.36 bits per heavy atom. The van der Waals surface area contributed by atoms with Crippen LogP contribution in [0.1, 0.15) is 36.8 Å². The summed E-state index contributed by atoms with van der Waals surface area (Å²) >= 11 is 7.95. The second kappa shape index (κ2) is 4.49. The number of rotatable bonds is 3. The fraction of sp³-hybridized carbons (Fsp3) is 0.600. The fourth-order valence-electron chi connectivity index (χ4n) is 1.51. The molecule has 14 heavy (non-hydrogen) atoms. The standard InChI is InChI=1S/C10H13ClN2S/c1-2-3-4-9-12-8-6-14-5-7(8)10(11)13-9/h2-6H2,1H3. The van der Waals surface area contributed by atoms with Crippen LogP contribution in [0.25, 0.3) is 0 Å². The lowest BCUT2D eigenvalue weighted by Gasteiger charge is -2.03.